The SMILES string of the molecule is CCCCC(/C=C/S(C)(=O)=O)NC(=O)C(CC(C)C)NC(=O)OCc1ccccc1. The lowest BCUT2D eigenvalue weighted by Crippen LogP contribution is -2.50. The van der Waals surface area contributed by atoms with E-state index in [0.717, 1.165) is 30.1 Å². The van der Waals surface area contributed by atoms with E-state index in [4.69, 9.17) is 4.74 Å². The minimum atomic E-state index is -3.29. The number of carbonyl (C=O) groups excluding carboxylic acids is 2. The van der Waals surface area contributed by atoms with Crippen LogP contribution in [0.5, 0.6) is 0 Å². The van der Waals surface area contributed by atoms with Gasteiger partial charge in [0.1, 0.15) is 12.6 Å². The van der Waals surface area contributed by atoms with Crippen LogP contribution in [0.4, 0.5) is 4.79 Å². The Morgan fingerprint density at radius 1 is 1.13 bits per heavy atom. The molecule has 0 aliphatic carbocycles. The van der Waals surface area contributed by atoms with Crippen molar-refractivity contribution in [1.82, 2.24) is 10.6 Å². The highest BCUT2D eigenvalue weighted by Crippen LogP contribution is 2.09. The van der Waals surface area contributed by atoms with E-state index in [1.165, 1.54) is 6.08 Å². The third-order valence-electron chi connectivity index (χ3n) is 4.28. The molecule has 2 unspecified atom stereocenters. The molecule has 1 aromatic carbocycles. The van der Waals surface area contributed by atoms with Crippen LogP contribution in [0, 0.1) is 5.92 Å². The first-order valence-corrected chi connectivity index (χ1v) is 12.2. The molecule has 0 aliphatic heterocycles. The topological polar surface area (TPSA) is 102 Å². The Labute approximate surface area is 180 Å². The smallest absolute Gasteiger partial charge is 0.408 e. The Morgan fingerprint density at radius 3 is 2.37 bits per heavy atom. The number of benzene rings is 1. The third kappa shape index (κ3) is 11.6. The van der Waals surface area contributed by atoms with Crippen LogP contribution in [0.1, 0.15) is 52.0 Å². The Kier molecular flexibility index (Phi) is 11.2. The third-order valence-corrected chi connectivity index (χ3v) is 4.93. The highest BCUT2D eigenvalue weighted by atomic mass is 32.2. The lowest BCUT2D eigenvalue weighted by atomic mass is 10.0. The molecular formula is C22H34N2O5S. The van der Waals surface area contributed by atoms with Crippen LogP contribution in [0.2, 0.25) is 0 Å². The van der Waals surface area contributed by atoms with E-state index in [1.807, 2.05) is 51.1 Å². The number of hydrogen-bond donors (Lipinski definition) is 2. The lowest BCUT2D eigenvalue weighted by Gasteiger charge is -2.23. The number of amides is 2. The number of sulfone groups is 1. The molecule has 1 aromatic rings. The first-order valence-electron chi connectivity index (χ1n) is 10.3. The van der Waals surface area contributed by atoms with Crippen LogP contribution in [0.15, 0.2) is 41.8 Å². The van der Waals surface area contributed by atoms with Gasteiger partial charge < -0.3 is 15.4 Å². The van der Waals surface area contributed by atoms with Gasteiger partial charge in [-0.1, -0.05) is 70.0 Å². The van der Waals surface area contributed by atoms with E-state index in [2.05, 4.69) is 10.6 Å². The second kappa shape index (κ2) is 13.1. The van der Waals surface area contributed by atoms with E-state index in [1.54, 1.807) is 0 Å². The zero-order valence-corrected chi connectivity index (χ0v) is 19.1. The summed E-state index contributed by atoms with van der Waals surface area (Å²) in [4.78, 5) is 25.0. The average molecular weight is 439 g/mol. The number of carbonyl (C=O) groups is 2. The van der Waals surface area contributed by atoms with Crippen molar-refractivity contribution in [2.45, 2.75) is 65.1 Å². The predicted octanol–water partition coefficient (Wildman–Crippen LogP) is 3.56. The zero-order chi connectivity index (χ0) is 22.6. The Balaban J connectivity index is 2.76. The first kappa shape index (κ1) is 25.7. The van der Waals surface area contributed by atoms with Crippen LogP contribution in [-0.4, -0.2) is 38.8 Å². The highest BCUT2D eigenvalue weighted by molar-refractivity contribution is 7.93. The summed E-state index contributed by atoms with van der Waals surface area (Å²) in [7, 11) is -3.29. The zero-order valence-electron chi connectivity index (χ0n) is 18.3. The molecule has 7 nitrogen and oxygen atoms in total. The first-order chi connectivity index (χ1) is 14.1. The van der Waals surface area contributed by atoms with Crippen molar-refractivity contribution in [2.24, 2.45) is 5.92 Å². The molecular weight excluding hydrogens is 404 g/mol. The molecule has 0 radical (unpaired) electrons. The molecule has 30 heavy (non-hydrogen) atoms. The molecule has 1 rings (SSSR count). The van der Waals surface area contributed by atoms with E-state index in [0.29, 0.717) is 12.8 Å². The van der Waals surface area contributed by atoms with Crippen molar-refractivity contribution in [2.75, 3.05) is 6.26 Å². The second-order valence-corrected chi connectivity index (χ2v) is 9.73. The van der Waals surface area contributed by atoms with Gasteiger partial charge in [0.05, 0.1) is 0 Å². The standard InChI is InChI=1S/C22H34N2O5S/c1-5-6-12-19(13-14-30(4,27)28)23-21(25)20(15-17(2)3)24-22(26)29-16-18-10-8-7-9-11-18/h7-11,13-14,17,19-20H,5-6,12,15-16H2,1-4H3,(H,23,25)(H,24,26)/b14-13+. The molecule has 0 aromatic heterocycles. The van der Waals surface area contributed by atoms with Gasteiger partial charge >= 0.3 is 6.09 Å². The van der Waals surface area contributed by atoms with Gasteiger partial charge in [0.15, 0.2) is 9.84 Å². The number of rotatable bonds is 12. The molecule has 2 atom stereocenters. The molecule has 8 heteroatoms. The van der Waals surface area contributed by atoms with Crippen LogP contribution >= 0.6 is 0 Å². The number of ether oxygens (including phenoxy) is 1. The van der Waals surface area contributed by atoms with Gasteiger partial charge in [-0.25, -0.2) is 13.2 Å². The summed E-state index contributed by atoms with van der Waals surface area (Å²) >= 11 is 0. The van der Waals surface area contributed by atoms with Crippen molar-refractivity contribution in [3.63, 3.8) is 0 Å². The molecule has 2 amide bonds. The van der Waals surface area contributed by atoms with E-state index >= 15 is 0 Å². The molecule has 0 spiro atoms. The van der Waals surface area contributed by atoms with Crippen molar-refractivity contribution < 1.29 is 22.7 Å². The monoisotopic (exact) mass is 438 g/mol. The van der Waals surface area contributed by atoms with Gasteiger partial charge in [-0.3, -0.25) is 4.79 Å². The molecule has 0 saturated carbocycles. The van der Waals surface area contributed by atoms with Crippen molar-refractivity contribution >= 4 is 21.8 Å². The van der Waals surface area contributed by atoms with Gasteiger partial charge in [-0.15, -0.1) is 0 Å². The summed E-state index contributed by atoms with van der Waals surface area (Å²) in [5.74, 6) is -0.199. The maximum absolute atomic E-state index is 12.8. The van der Waals surface area contributed by atoms with Crippen LogP contribution < -0.4 is 10.6 Å². The molecule has 168 valence electrons. The molecule has 0 fully saturated rings. The van der Waals surface area contributed by atoms with Crippen molar-refractivity contribution in [1.29, 1.82) is 0 Å². The normalized spacial score (nSPS) is 13.8. The van der Waals surface area contributed by atoms with Gasteiger partial charge in [-0.2, -0.15) is 0 Å². The molecule has 0 aliphatic rings. The quantitative estimate of drug-likeness (QED) is 0.520. The van der Waals surface area contributed by atoms with Gasteiger partial charge in [0.25, 0.3) is 0 Å². The van der Waals surface area contributed by atoms with Crippen LogP contribution in [0.25, 0.3) is 0 Å². The summed E-state index contributed by atoms with van der Waals surface area (Å²) in [5, 5.41) is 6.59. The van der Waals surface area contributed by atoms with Gasteiger partial charge in [0.2, 0.25) is 5.91 Å². The fourth-order valence-electron chi connectivity index (χ4n) is 2.77. The van der Waals surface area contributed by atoms with Gasteiger partial charge in [0, 0.05) is 17.7 Å². The largest absolute Gasteiger partial charge is 0.445 e. The van der Waals surface area contributed by atoms with Crippen molar-refractivity contribution in [3.05, 3.63) is 47.4 Å². The fourth-order valence-corrected chi connectivity index (χ4v) is 3.25. The summed E-state index contributed by atoms with van der Waals surface area (Å²) < 4.78 is 28.1. The highest BCUT2D eigenvalue weighted by Gasteiger charge is 2.24. The minimum absolute atomic E-state index is 0.110. The molecule has 0 heterocycles. The predicted molar refractivity (Wildman–Crippen MR) is 118 cm³/mol. The van der Waals surface area contributed by atoms with E-state index in [-0.39, 0.29) is 18.4 Å². The summed E-state index contributed by atoms with van der Waals surface area (Å²) in [6, 6.07) is 8.07. The second-order valence-electron chi connectivity index (χ2n) is 7.80. The van der Waals surface area contributed by atoms with Gasteiger partial charge in [-0.05, 0) is 24.3 Å². The minimum Gasteiger partial charge on any atom is -0.445 e. The number of nitrogens with one attached hydrogen (secondary N) is 2. The number of unbranched alkanes of at least 4 members (excludes halogenated alkanes) is 1. The maximum Gasteiger partial charge on any atom is 0.408 e. The van der Waals surface area contributed by atoms with Crippen molar-refractivity contribution in [3.8, 4) is 0 Å². The summed E-state index contributed by atoms with van der Waals surface area (Å²) in [6.45, 7) is 6.04. The fraction of sp³-hybridized carbons (Fsp3) is 0.545. The Morgan fingerprint density at radius 2 is 1.80 bits per heavy atom. The summed E-state index contributed by atoms with van der Waals surface area (Å²) in [5.41, 5.74) is 0.850. The Hall–Kier alpha value is -2.35. The molecule has 0 bridgehead atoms. The van der Waals surface area contributed by atoms with Crippen LogP contribution in [0.3, 0.4) is 0 Å². The average Bonchev–Trinajstić information content (AvgIpc) is 2.67. The number of alkyl carbamates (subject to hydrolysis) is 1. The van der Waals surface area contributed by atoms with E-state index in [9.17, 15) is 18.0 Å². The molecule has 2 N–H and O–H groups in total. The summed E-state index contributed by atoms with van der Waals surface area (Å²) in [6.07, 6.45) is 4.72. The van der Waals surface area contributed by atoms with Crippen LogP contribution in [-0.2, 0) is 26.0 Å². The Bertz CT molecular complexity index is 791. The van der Waals surface area contributed by atoms with E-state index < -0.39 is 28.0 Å². The number of hydrogen-bond acceptors (Lipinski definition) is 5. The lowest BCUT2D eigenvalue weighted by molar-refractivity contribution is -0.123. The molecule has 0 saturated heterocycles. The maximum atomic E-state index is 12.8.